The van der Waals surface area contributed by atoms with Crippen molar-refractivity contribution in [1.82, 2.24) is 10.2 Å². The minimum Gasteiger partial charge on any atom is -0.486 e. The minimum atomic E-state index is -0.552. The van der Waals surface area contributed by atoms with Crippen LogP contribution >= 0.6 is 0 Å². The van der Waals surface area contributed by atoms with Crippen molar-refractivity contribution in [2.45, 2.75) is 52.0 Å². The highest BCUT2D eigenvalue weighted by molar-refractivity contribution is 6.01. The summed E-state index contributed by atoms with van der Waals surface area (Å²) in [5, 5.41) is 3.00. The molecule has 0 unspecified atom stereocenters. The van der Waals surface area contributed by atoms with E-state index < -0.39 is 12.0 Å². The number of anilines is 1. The molecule has 8 nitrogen and oxygen atoms in total. The zero-order chi connectivity index (χ0) is 22.7. The highest BCUT2D eigenvalue weighted by atomic mass is 16.6. The molecule has 32 heavy (non-hydrogen) atoms. The second-order valence-corrected chi connectivity index (χ2v) is 8.99. The fourth-order valence-corrected chi connectivity index (χ4v) is 4.60. The number of nitrogens with zero attached hydrogens (tertiary/aromatic N) is 2. The lowest BCUT2D eigenvalue weighted by Gasteiger charge is -2.33. The number of rotatable bonds is 6. The van der Waals surface area contributed by atoms with Crippen LogP contribution in [0.25, 0.3) is 0 Å². The first-order valence-electron chi connectivity index (χ1n) is 11.8. The third-order valence-electron chi connectivity index (χ3n) is 6.78. The standard InChI is InChI=1S/C24H33N3O5/c1-3-16(2)22(24(30)26-9-5-4-6-10-26)25-23(29)17-13-21(28)27(15-17)18-7-8-19-20(14-18)32-12-11-31-19/h7-8,14,16-17,22H,3-6,9-13,15H2,1-2H3,(H,25,29)/t16-,17+,22-/m0/s1. The van der Waals surface area contributed by atoms with Crippen molar-refractivity contribution in [2.24, 2.45) is 11.8 Å². The van der Waals surface area contributed by atoms with Crippen molar-refractivity contribution in [3.63, 3.8) is 0 Å². The molecule has 4 rings (SSSR count). The number of nitrogens with one attached hydrogen (secondary N) is 1. The van der Waals surface area contributed by atoms with Gasteiger partial charge in [0, 0.05) is 37.8 Å². The van der Waals surface area contributed by atoms with Gasteiger partial charge in [0.1, 0.15) is 19.3 Å². The van der Waals surface area contributed by atoms with Gasteiger partial charge in [-0.25, -0.2) is 0 Å². The lowest BCUT2D eigenvalue weighted by molar-refractivity contribution is -0.139. The van der Waals surface area contributed by atoms with E-state index in [9.17, 15) is 14.4 Å². The van der Waals surface area contributed by atoms with Gasteiger partial charge in [-0.1, -0.05) is 20.3 Å². The van der Waals surface area contributed by atoms with Gasteiger partial charge in [0.05, 0.1) is 5.92 Å². The molecule has 3 aliphatic heterocycles. The molecule has 174 valence electrons. The molecule has 0 bridgehead atoms. The van der Waals surface area contributed by atoms with Crippen LogP contribution < -0.4 is 19.7 Å². The van der Waals surface area contributed by atoms with E-state index in [4.69, 9.17) is 9.47 Å². The van der Waals surface area contributed by atoms with Crippen LogP contribution in [0.2, 0.25) is 0 Å². The fourth-order valence-electron chi connectivity index (χ4n) is 4.60. The molecule has 3 heterocycles. The molecule has 3 amide bonds. The summed E-state index contributed by atoms with van der Waals surface area (Å²) < 4.78 is 11.2. The van der Waals surface area contributed by atoms with Crippen LogP contribution in [0.1, 0.15) is 46.0 Å². The zero-order valence-electron chi connectivity index (χ0n) is 19.0. The van der Waals surface area contributed by atoms with Gasteiger partial charge < -0.3 is 24.6 Å². The van der Waals surface area contributed by atoms with Crippen molar-refractivity contribution in [1.29, 1.82) is 0 Å². The molecule has 0 spiro atoms. The summed E-state index contributed by atoms with van der Waals surface area (Å²) in [7, 11) is 0. The molecule has 0 radical (unpaired) electrons. The number of likely N-dealkylation sites (tertiary alicyclic amines) is 1. The Bertz CT molecular complexity index is 867. The van der Waals surface area contributed by atoms with Crippen LogP contribution in [-0.4, -0.2) is 61.5 Å². The topological polar surface area (TPSA) is 88.2 Å². The maximum atomic E-state index is 13.1. The van der Waals surface area contributed by atoms with E-state index in [0.29, 0.717) is 30.4 Å². The molecule has 0 aliphatic carbocycles. The highest BCUT2D eigenvalue weighted by Gasteiger charge is 2.38. The fraction of sp³-hybridized carbons (Fsp3) is 0.625. The van der Waals surface area contributed by atoms with E-state index in [1.54, 1.807) is 17.0 Å². The smallest absolute Gasteiger partial charge is 0.245 e. The summed E-state index contributed by atoms with van der Waals surface area (Å²) >= 11 is 0. The summed E-state index contributed by atoms with van der Waals surface area (Å²) in [4.78, 5) is 42.5. The largest absolute Gasteiger partial charge is 0.486 e. The zero-order valence-corrected chi connectivity index (χ0v) is 19.0. The SMILES string of the molecule is CC[C@H](C)[C@H](NC(=O)[C@@H]1CC(=O)N(c2ccc3c(c2)OCCO3)C1)C(=O)N1CCCCC1. The predicted octanol–water partition coefficient (Wildman–Crippen LogP) is 2.35. The van der Waals surface area contributed by atoms with E-state index in [0.717, 1.165) is 38.8 Å². The van der Waals surface area contributed by atoms with Gasteiger partial charge >= 0.3 is 0 Å². The highest BCUT2D eigenvalue weighted by Crippen LogP contribution is 2.36. The summed E-state index contributed by atoms with van der Waals surface area (Å²) in [6.45, 7) is 6.78. The average Bonchev–Trinajstić information content (AvgIpc) is 3.23. The monoisotopic (exact) mass is 443 g/mol. The first-order chi connectivity index (χ1) is 15.5. The molecule has 1 aromatic rings. The number of hydrogen-bond donors (Lipinski definition) is 1. The van der Waals surface area contributed by atoms with Gasteiger partial charge in [-0.15, -0.1) is 0 Å². The van der Waals surface area contributed by atoms with Gasteiger partial charge in [0.25, 0.3) is 0 Å². The minimum absolute atomic E-state index is 0.000385. The van der Waals surface area contributed by atoms with Gasteiger partial charge in [0.15, 0.2) is 11.5 Å². The van der Waals surface area contributed by atoms with Crippen molar-refractivity contribution in [3.8, 4) is 11.5 Å². The summed E-state index contributed by atoms with van der Waals surface area (Å²) in [6.07, 6.45) is 4.08. The van der Waals surface area contributed by atoms with E-state index in [1.165, 1.54) is 0 Å². The van der Waals surface area contributed by atoms with Crippen LogP contribution in [0, 0.1) is 11.8 Å². The third-order valence-corrected chi connectivity index (χ3v) is 6.78. The van der Waals surface area contributed by atoms with Crippen molar-refractivity contribution < 1.29 is 23.9 Å². The Hall–Kier alpha value is -2.77. The molecule has 2 fully saturated rings. The number of benzene rings is 1. The summed E-state index contributed by atoms with van der Waals surface area (Å²) in [5.74, 6) is 0.474. The quantitative estimate of drug-likeness (QED) is 0.729. The van der Waals surface area contributed by atoms with Crippen LogP contribution in [0.5, 0.6) is 11.5 Å². The Morgan fingerprint density at radius 2 is 1.84 bits per heavy atom. The van der Waals surface area contributed by atoms with Crippen molar-refractivity contribution in [2.75, 3.05) is 37.7 Å². The number of fused-ring (bicyclic) bond motifs is 1. The molecule has 2 saturated heterocycles. The summed E-state index contributed by atoms with van der Waals surface area (Å²) in [6, 6.07) is 4.84. The van der Waals surface area contributed by atoms with Crippen LogP contribution in [0.3, 0.4) is 0 Å². The first-order valence-corrected chi connectivity index (χ1v) is 11.8. The molecule has 1 aromatic carbocycles. The summed E-state index contributed by atoms with van der Waals surface area (Å²) in [5.41, 5.74) is 0.692. The van der Waals surface area contributed by atoms with E-state index in [1.807, 2.05) is 24.8 Å². The second kappa shape index (κ2) is 9.79. The average molecular weight is 444 g/mol. The van der Waals surface area contributed by atoms with Gasteiger partial charge in [0.2, 0.25) is 17.7 Å². The normalized spacial score (nSPS) is 22.4. The van der Waals surface area contributed by atoms with E-state index in [-0.39, 0.29) is 36.6 Å². The number of piperidine rings is 1. The maximum absolute atomic E-state index is 13.1. The third kappa shape index (κ3) is 4.69. The second-order valence-electron chi connectivity index (χ2n) is 8.99. The maximum Gasteiger partial charge on any atom is 0.245 e. The Balaban J connectivity index is 1.43. The molecule has 8 heteroatoms. The van der Waals surface area contributed by atoms with Gasteiger partial charge in [-0.3, -0.25) is 14.4 Å². The lowest BCUT2D eigenvalue weighted by atomic mass is 9.95. The van der Waals surface area contributed by atoms with Gasteiger partial charge in [-0.2, -0.15) is 0 Å². The van der Waals surface area contributed by atoms with Crippen LogP contribution in [-0.2, 0) is 14.4 Å². The Morgan fingerprint density at radius 1 is 1.12 bits per heavy atom. The van der Waals surface area contributed by atoms with Crippen LogP contribution in [0.15, 0.2) is 18.2 Å². The van der Waals surface area contributed by atoms with Crippen molar-refractivity contribution in [3.05, 3.63) is 18.2 Å². The lowest BCUT2D eigenvalue weighted by Crippen LogP contribution is -2.54. The molecule has 3 atom stereocenters. The molecule has 3 aliphatic rings. The molecular formula is C24H33N3O5. The number of amides is 3. The Kier molecular flexibility index (Phi) is 6.86. The Morgan fingerprint density at radius 3 is 2.56 bits per heavy atom. The first kappa shape index (κ1) is 22.4. The molecule has 1 N–H and O–H groups in total. The predicted molar refractivity (Wildman–Crippen MR) is 120 cm³/mol. The Labute approximate surface area is 189 Å². The van der Waals surface area contributed by atoms with E-state index in [2.05, 4.69) is 5.32 Å². The van der Waals surface area contributed by atoms with E-state index >= 15 is 0 Å². The van der Waals surface area contributed by atoms with Crippen molar-refractivity contribution >= 4 is 23.4 Å². The number of hydrogen-bond acceptors (Lipinski definition) is 5. The molecular weight excluding hydrogens is 410 g/mol. The number of carbonyl (C=O) groups is 3. The van der Waals surface area contributed by atoms with Gasteiger partial charge in [-0.05, 0) is 37.3 Å². The molecule has 0 aromatic heterocycles. The number of carbonyl (C=O) groups excluding carboxylic acids is 3. The number of ether oxygens (including phenoxy) is 2. The molecule has 0 saturated carbocycles. The van der Waals surface area contributed by atoms with Crippen LogP contribution in [0.4, 0.5) is 5.69 Å².